The van der Waals surface area contributed by atoms with Gasteiger partial charge in [0.2, 0.25) is 0 Å². The molecule has 1 aromatic heterocycles. The van der Waals surface area contributed by atoms with Crippen LogP contribution in [0.15, 0.2) is 11.4 Å². The molecule has 0 radical (unpaired) electrons. The molecule has 0 aliphatic carbocycles. The van der Waals surface area contributed by atoms with Gasteiger partial charge in [0.1, 0.15) is 5.75 Å². The Balaban J connectivity index is 2.80. The number of methoxy groups -OCH3 is 1. The lowest BCUT2D eigenvalue weighted by Crippen LogP contribution is -2.15. The first-order valence-corrected chi connectivity index (χ1v) is 4.00. The summed E-state index contributed by atoms with van der Waals surface area (Å²) >= 11 is 1.37. The molecule has 0 aromatic carbocycles. The van der Waals surface area contributed by atoms with E-state index in [1.807, 2.05) is 0 Å². The minimum atomic E-state index is -0.0710. The van der Waals surface area contributed by atoms with Crippen molar-refractivity contribution in [1.82, 2.24) is 5.32 Å². The molecule has 1 aromatic rings. The molecule has 60 valence electrons. The molecule has 0 spiro atoms. The maximum atomic E-state index is 11.0. The third-order valence-corrected chi connectivity index (χ3v) is 2.17. The van der Waals surface area contributed by atoms with Crippen molar-refractivity contribution in [2.75, 3.05) is 14.2 Å². The second kappa shape index (κ2) is 3.39. The van der Waals surface area contributed by atoms with Crippen LogP contribution in [0.1, 0.15) is 9.67 Å². The normalized spacial score (nSPS) is 9.27. The Labute approximate surface area is 69.0 Å². The predicted octanol–water partition coefficient (Wildman–Crippen LogP) is 1.12. The molecule has 0 fully saturated rings. The zero-order chi connectivity index (χ0) is 8.27. The van der Waals surface area contributed by atoms with E-state index in [9.17, 15) is 4.79 Å². The average Bonchev–Trinajstić information content (AvgIpc) is 2.50. The highest BCUT2D eigenvalue weighted by Gasteiger charge is 2.05. The SMILES string of the molecule is CNC(=O)c1cc(OC)cs1. The van der Waals surface area contributed by atoms with Crippen molar-refractivity contribution < 1.29 is 9.53 Å². The van der Waals surface area contributed by atoms with E-state index < -0.39 is 0 Å². The molecule has 0 saturated carbocycles. The van der Waals surface area contributed by atoms with E-state index in [2.05, 4.69) is 5.32 Å². The topological polar surface area (TPSA) is 38.3 Å². The van der Waals surface area contributed by atoms with Crippen molar-refractivity contribution >= 4 is 17.2 Å². The average molecular weight is 171 g/mol. The zero-order valence-corrected chi connectivity index (χ0v) is 7.20. The molecule has 0 atom stereocenters. The summed E-state index contributed by atoms with van der Waals surface area (Å²) in [5, 5.41) is 4.33. The molecule has 11 heavy (non-hydrogen) atoms. The van der Waals surface area contributed by atoms with E-state index in [4.69, 9.17) is 4.74 Å². The van der Waals surface area contributed by atoms with Gasteiger partial charge in [-0.3, -0.25) is 4.79 Å². The molecule has 0 aliphatic rings. The maximum Gasteiger partial charge on any atom is 0.261 e. The van der Waals surface area contributed by atoms with Crippen LogP contribution >= 0.6 is 11.3 Å². The van der Waals surface area contributed by atoms with Gasteiger partial charge in [0, 0.05) is 18.5 Å². The molecule has 1 N–H and O–H groups in total. The summed E-state index contributed by atoms with van der Waals surface area (Å²) in [6.07, 6.45) is 0. The first kappa shape index (κ1) is 8.07. The number of hydrogen-bond acceptors (Lipinski definition) is 3. The Morgan fingerprint density at radius 2 is 2.45 bits per heavy atom. The Hall–Kier alpha value is -1.03. The number of hydrogen-bond donors (Lipinski definition) is 1. The molecule has 4 heteroatoms. The first-order valence-electron chi connectivity index (χ1n) is 3.12. The largest absolute Gasteiger partial charge is 0.496 e. The fourth-order valence-corrected chi connectivity index (χ4v) is 1.47. The summed E-state index contributed by atoms with van der Waals surface area (Å²) < 4.78 is 4.92. The molecular formula is C7H9NO2S. The lowest BCUT2D eigenvalue weighted by Gasteiger charge is -1.92. The third kappa shape index (κ3) is 1.71. The highest BCUT2D eigenvalue weighted by molar-refractivity contribution is 7.12. The van der Waals surface area contributed by atoms with Crippen molar-refractivity contribution in [1.29, 1.82) is 0 Å². The first-order chi connectivity index (χ1) is 5.27. The van der Waals surface area contributed by atoms with Crippen LogP contribution in [0.4, 0.5) is 0 Å². The van der Waals surface area contributed by atoms with Crippen molar-refractivity contribution in [3.8, 4) is 5.75 Å². The monoisotopic (exact) mass is 171 g/mol. The standard InChI is InChI=1S/C7H9NO2S/c1-8-7(9)6-3-5(10-2)4-11-6/h3-4H,1-2H3,(H,8,9). The number of carbonyl (C=O) groups is 1. The number of rotatable bonds is 2. The van der Waals surface area contributed by atoms with Gasteiger partial charge in [0.05, 0.1) is 12.0 Å². The lowest BCUT2D eigenvalue weighted by atomic mass is 10.4. The smallest absolute Gasteiger partial charge is 0.261 e. The molecule has 1 amide bonds. The van der Waals surface area contributed by atoms with Gasteiger partial charge in [-0.2, -0.15) is 0 Å². The van der Waals surface area contributed by atoms with Gasteiger partial charge in [-0.1, -0.05) is 0 Å². The molecule has 1 heterocycles. The number of thiophene rings is 1. The van der Waals surface area contributed by atoms with Crippen LogP contribution in [0.5, 0.6) is 5.75 Å². The van der Waals surface area contributed by atoms with E-state index in [-0.39, 0.29) is 5.91 Å². The summed E-state index contributed by atoms with van der Waals surface area (Å²) in [5.74, 6) is 0.659. The fraction of sp³-hybridized carbons (Fsp3) is 0.286. The molecule has 0 saturated heterocycles. The fourth-order valence-electron chi connectivity index (χ4n) is 0.668. The van der Waals surface area contributed by atoms with Gasteiger partial charge in [0.15, 0.2) is 0 Å². The van der Waals surface area contributed by atoms with Gasteiger partial charge in [0.25, 0.3) is 5.91 Å². The number of carbonyl (C=O) groups excluding carboxylic acids is 1. The van der Waals surface area contributed by atoms with Gasteiger partial charge >= 0.3 is 0 Å². The van der Waals surface area contributed by atoms with E-state index in [0.29, 0.717) is 4.88 Å². The summed E-state index contributed by atoms with van der Waals surface area (Å²) in [4.78, 5) is 11.7. The van der Waals surface area contributed by atoms with Crippen LogP contribution in [-0.4, -0.2) is 20.1 Å². The second-order valence-corrected chi connectivity index (χ2v) is 2.84. The summed E-state index contributed by atoms with van der Waals surface area (Å²) in [7, 11) is 3.18. The van der Waals surface area contributed by atoms with Crippen LogP contribution in [-0.2, 0) is 0 Å². The highest BCUT2D eigenvalue weighted by atomic mass is 32.1. The lowest BCUT2D eigenvalue weighted by molar-refractivity contribution is 0.0967. The van der Waals surface area contributed by atoms with Crippen LogP contribution in [0.25, 0.3) is 0 Å². The Morgan fingerprint density at radius 3 is 2.91 bits per heavy atom. The van der Waals surface area contributed by atoms with Crippen molar-refractivity contribution in [3.63, 3.8) is 0 Å². The number of ether oxygens (including phenoxy) is 1. The summed E-state index contributed by atoms with van der Waals surface area (Å²) in [6, 6.07) is 1.71. The third-order valence-electron chi connectivity index (χ3n) is 1.26. The molecule has 0 bridgehead atoms. The quantitative estimate of drug-likeness (QED) is 0.724. The number of amides is 1. The molecule has 0 aliphatic heterocycles. The Bertz CT molecular complexity index is 257. The molecular weight excluding hydrogens is 162 g/mol. The predicted molar refractivity (Wildman–Crippen MR) is 44.3 cm³/mol. The maximum absolute atomic E-state index is 11.0. The van der Waals surface area contributed by atoms with Gasteiger partial charge < -0.3 is 10.1 Å². The summed E-state index contributed by atoms with van der Waals surface area (Å²) in [5.41, 5.74) is 0. The van der Waals surface area contributed by atoms with Gasteiger partial charge in [-0.05, 0) is 0 Å². The molecule has 1 rings (SSSR count). The molecule has 0 unspecified atom stereocenters. The van der Waals surface area contributed by atoms with Crippen molar-refractivity contribution in [2.45, 2.75) is 0 Å². The highest BCUT2D eigenvalue weighted by Crippen LogP contribution is 2.20. The van der Waals surface area contributed by atoms with Crippen LogP contribution in [0.2, 0.25) is 0 Å². The zero-order valence-electron chi connectivity index (χ0n) is 6.38. The van der Waals surface area contributed by atoms with E-state index in [1.54, 1.807) is 25.6 Å². The number of nitrogens with one attached hydrogen (secondary N) is 1. The minimum Gasteiger partial charge on any atom is -0.496 e. The van der Waals surface area contributed by atoms with Gasteiger partial charge in [-0.25, -0.2) is 0 Å². The van der Waals surface area contributed by atoms with Crippen LogP contribution in [0.3, 0.4) is 0 Å². The Morgan fingerprint density at radius 1 is 1.73 bits per heavy atom. The van der Waals surface area contributed by atoms with Crippen LogP contribution in [0, 0.1) is 0 Å². The van der Waals surface area contributed by atoms with Crippen LogP contribution < -0.4 is 10.1 Å². The molecule has 3 nitrogen and oxygen atoms in total. The van der Waals surface area contributed by atoms with E-state index >= 15 is 0 Å². The van der Waals surface area contributed by atoms with E-state index in [1.165, 1.54) is 11.3 Å². The Kier molecular flexibility index (Phi) is 2.48. The van der Waals surface area contributed by atoms with Crippen molar-refractivity contribution in [2.24, 2.45) is 0 Å². The van der Waals surface area contributed by atoms with E-state index in [0.717, 1.165) is 5.75 Å². The minimum absolute atomic E-state index is 0.0710. The second-order valence-electron chi connectivity index (χ2n) is 1.93. The van der Waals surface area contributed by atoms with Gasteiger partial charge in [-0.15, -0.1) is 11.3 Å². The summed E-state index contributed by atoms with van der Waals surface area (Å²) in [6.45, 7) is 0. The van der Waals surface area contributed by atoms with Crippen molar-refractivity contribution in [3.05, 3.63) is 16.3 Å².